The van der Waals surface area contributed by atoms with Crippen molar-refractivity contribution in [3.63, 3.8) is 0 Å². The number of hydrogen-bond donors (Lipinski definition) is 1. The van der Waals surface area contributed by atoms with Gasteiger partial charge in [0, 0.05) is 6.07 Å². The molecule has 0 aliphatic rings. The Hall–Kier alpha value is -1.58. The molecule has 5 heteroatoms. The van der Waals surface area contributed by atoms with Crippen molar-refractivity contribution in [1.82, 2.24) is 0 Å². The summed E-state index contributed by atoms with van der Waals surface area (Å²) in [4.78, 5) is 0. The van der Waals surface area contributed by atoms with Crippen LogP contribution in [0.1, 0.15) is 6.92 Å². The van der Waals surface area contributed by atoms with Crippen LogP contribution >= 0.6 is 23.2 Å². The van der Waals surface area contributed by atoms with E-state index >= 15 is 0 Å². The highest BCUT2D eigenvalue weighted by atomic mass is 35.5. The summed E-state index contributed by atoms with van der Waals surface area (Å²) in [5.41, 5.74) is 6.43. The fraction of sp³-hybridized carbons (Fsp3) is 0.143. The summed E-state index contributed by atoms with van der Waals surface area (Å²) in [5, 5.41) is 0.906. The summed E-state index contributed by atoms with van der Waals surface area (Å²) < 4.78 is 11.1. The van der Waals surface area contributed by atoms with Crippen LogP contribution in [-0.2, 0) is 0 Å². The van der Waals surface area contributed by atoms with Gasteiger partial charge in [-0.1, -0.05) is 29.3 Å². The number of benzene rings is 2. The lowest BCUT2D eigenvalue weighted by atomic mass is 10.2. The zero-order valence-electron chi connectivity index (χ0n) is 10.3. The summed E-state index contributed by atoms with van der Waals surface area (Å²) in [5.74, 6) is 1.68. The van der Waals surface area contributed by atoms with E-state index in [1.807, 2.05) is 13.0 Å². The topological polar surface area (TPSA) is 44.5 Å². The molecule has 0 bridgehead atoms. The van der Waals surface area contributed by atoms with Crippen molar-refractivity contribution in [3.8, 4) is 17.2 Å². The van der Waals surface area contributed by atoms with Gasteiger partial charge in [0.15, 0.2) is 5.75 Å². The highest BCUT2D eigenvalue weighted by Crippen LogP contribution is 2.36. The lowest BCUT2D eigenvalue weighted by Gasteiger charge is -2.12. The number of ether oxygens (including phenoxy) is 2. The van der Waals surface area contributed by atoms with Crippen LogP contribution < -0.4 is 15.2 Å². The fourth-order valence-electron chi connectivity index (χ4n) is 1.56. The van der Waals surface area contributed by atoms with E-state index in [-0.39, 0.29) is 0 Å². The molecule has 0 aliphatic carbocycles. The van der Waals surface area contributed by atoms with Gasteiger partial charge in [0.05, 0.1) is 16.7 Å². The Labute approximate surface area is 121 Å². The quantitative estimate of drug-likeness (QED) is 0.827. The van der Waals surface area contributed by atoms with Gasteiger partial charge in [-0.15, -0.1) is 0 Å². The van der Waals surface area contributed by atoms with Crippen molar-refractivity contribution in [1.29, 1.82) is 0 Å². The first-order valence-electron chi connectivity index (χ1n) is 5.76. The molecule has 2 N–H and O–H groups in total. The number of nitrogens with two attached hydrogens (primary N) is 1. The van der Waals surface area contributed by atoms with Gasteiger partial charge in [-0.25, -0.2) is 0 Å². The van der Waals surface area contributed by atoms with Gasteiger partial charge < -0.3 is 15.2 Å². The third-order valence-electron chi connectivity index (χ3n) is 2.44. The molecule has 0 atom stereocenters. The molecule has 0 unspecified atom stereocenters. The molecular formula is C14H13Cl2NO2. The molecule has 0 saturated carbocycles. The third-order valence-corrected chi connectivity index (χ3v) is 3.18. The smallest absolute Gasteiger partial charge is 0.154 e. The second kappa shape index (κ2) is 6.04. The Kier molecular flexibility index (Phi) is 4.40. The molecule has 0 saturated heterocycles. The molecule has 3 nitrogen and oxygen atoms in total. The van der Waals surface area contributed by atoms with Crippen molar-refractivity contribution in [2.24, 2.45) is 0 Å². The van der Waals surface area contributed by atoms with Crippen LogP contribution in [0.2, 0.25) is 10.0 Å². The van der Waals surface area contributed by atoms with Crippen LogP contribution in [0.3, 0.4) is 0 Å². The minimum Gasteiger partial charge on any atom is -0.492 e. The van der Waals surface area contributed by atoms with Gasteiger partial charge in [0.1, 0.15) is 17.2 Å². The Balaban J connectivity index is 2.27. The number of hydrogen-bond acceptors (Lipinski definition) is 3. The van der Waals surface area contributed by atoms with Gasteiger partial charge >= 0.3 is 0 Å². The molecule has 100 valence electrons. The molecular weight excluding hydrogens is 285 g/mol. The number of para-hydroxylation sites is 1. The molecule has 2 aromatic carbocycles. The molecule has 0 heterocycles. The second-order valence-corrected chi connectivity index (χ2v) is 4.59. The summed E-state index contributed by atoms with van der Waals surface area (Å²) in [6.45, 7) is 2.44. The monoisotopic (exact) mass is 297 g/mol. The first-order chi connectivity index (χ1) is 9.11. The predicted molar refractivity (Wildman–Crippen MR) is 78.6 cm³/mol. The fourth-order valence-corrected chi connectivity index (χ4v) is 1.85. The van der Waals surface area contributed by atoms with Gasteiger partial charge in [-0.2, -0.15) is 0 Å². The SMILES string of the molecule is CCOc1cccc(Oc2ccc(Cl)c(Cl)c2)c1N. The molecule has 0 amide bonds. The van der Waals surface area contributed by atoms with E-state index in [4.69, 9.17) is 38.4 Å². The summed E-state index contributed by atoms with van der Waals surface area (Å²) >= 11 is 11.8. The maximum Gasteiger partial charge on any atom is 0.154 e. The highest BCUT2D eigenvalue weighted by molar-refractivity contribution is 6.42. The zero-order valence-corrected chi connectivity index (χ0v) is 11.8. The van der Waals surface area contributed by atoms with Crippen LogP contribution in [0.5, 0.6) is 17.2 Å². The van der Waals surface area contributed by atoms with E-state index in [1.54, 1.807) is 30.3 Å². The van der Waals surface area contributed by atoms with Gasteiger partial charge in [0.25, 0.3) is 0 Å². The van der Waals surface area contributed by atoms with Crippen molar-refractivity contribution in [2.45, 2.75) is 6.92 Å². The van der Waals surface area contributed by atoms with Crippen molar-refractivity contribution in [2.75, 3.05) is 12.3 Å². The maximum absolute atomic E-state index is 5.98. The molecule has 0 fully saturated rings. The minimum atomic E-state index is 0.429. The van der Waals surface area contributed by atoms with Gasteiger partial charge in [-0.3, -0.25) is 0 Å². The van der Waals surface area contributed by atoms with Crippen molar-refractivity contribution >= 4 is 28.9 Å². The number of halogens is 2. The lowest BCUT2D eigenvalue weighted by molar-refractivity contribution is 0.340. The van der Waals surface area contributed by atoms with Crippen molar-refractivity contribution in [3.05, 3.63) is 46.4 Å². The third kappa shape index (κ3) is 3.25. The highest BCUT2D eigenvalue weighted by Gasteiger charge is 2.08. The molecule has 0 spiro atoms. The summed E-state index contributed by atoms with van der Waals surface area (Å²) in [7, 11) is 0. The van der Waals surface area contributed by atoms with Crippen molar-refractivity contribution < 1.29 is 9.47 Å². The van der Waals surface area contributed by atoms with E-state index in [0.717, 1.165) is 0 Å². The Morgan fingerprint density at radius 3 is 2.47 bits per heavy atom. The van der Waals surface area contributed by atoms with Crippen LogP contribution in [0.15, 0.2) is 36.4 Å². The van der Waals surface area contributed by atoms with E-state index in [0.29, 0.717) is 39.6 Å². The normalized spacial score (nSPS) is 10.3. The molecule has 19 heavy (non-hydrogen) atoms. The summed E-state index contributed by atoms with van der Waals surface area (Å²) in [6.07, 6.45) is 0. The predicted octanol–water partition coefficient (Wildman–Crippen LogP) is 4.77. The average Bonchev–Trinajstić information content (AvgIpc) is 2.39. The van der Waals surface area contributed by atoms with Crippen LogP contribution in [0.4, 0.5) is 5.69 Å². The Morgan fingerprint density at radius 2 is 1.79 bits per heavy atom. The number of nitrogen functional groups attached to an aromatic ring is 1. The first kappa shape index (κ1) is 13.8. The standard InChI is InChI=1S/C14H13Cl2NO2/c1-2-18-12-4-3-5-13(14(12)17)19-9-6-7-10(15)11(16)8-9/h3-8H,2,17H2,1H3. The molecule has 0 aliphatic heterocycles. The second-order valence-electron chi connectivity index (χ2n) is 3.78. The molecule has 2 rings (SSSR count). The van der Waals surface area contributed by atoms with E-state index < -0.39 is 0 Å². The minimum absolute atomic E-state index is 0.429. The first-order valence-corrected chi connectivity index (χ1v) is 6.51. The Bertz CT molecular complexity index is 588. The van der Waals surface area contributed by atoms with E-state index in [1.165, 1.54) is 0 Å². The zero-order chi connectivity index (χ0) is 13.8. The largest absolute Gasteiger partial charge is 0.492 e. The van der Waals surface area contributed by atoms with E-state index in [2.05, 4.69) is 0 Å². The van der Waals surface area contributed by atoms with Crippen LogP contribution in [-0.4, -0.2) is 6.61 Å². The molecule has 2 aromatic rings. The average molecular weight is 298 g/mol. The van der Waals surface area contributed by atoms with Gasteiger partial charge in [-0.05, 0) is 31.2 Å². The number of anilines is 1. The summed E-state index contributed by atoms with van der Waals surface area (Å²) in [6, 6.07) is 10.4. The van der Waals surface area contributed by atoms with Crippen LogP contribution in [0.25, 0.3) is 0 Å². The molecule has 0 aromatic heterocycles. The maximum atomic E-state index is 5.98. The van der Waals surface area contributed by atoms with E-state index in [9.17, 15) is 0 Å². The van der Waals surface area contributed by atoms with Gasteiger partial charge in [0.2, 0.25) is 0 Å². The van der Waals surface area contributed by atoms with Crippen LogP contribution in [0, 0.1) is 0 Å². The lowest BCUT2D eigenvalue weighted by Crippen LogP contribution is -1.98. The molecule has 0 radical (unpaired) electrons. The Morgan fingerprint density at radius 1 is 1.05 bits per heavy atom. The number of rotatable bonds is 4.